The van der Waals surface area contributed by atoms with Gasteiger partial charge in [0, 0.05) is 0 Å². The van der Waals surface area contributed by atoms with Crippen molar-refractivity contribution in [2.45, 2.75) is 42.2 Å². The number of sulfone groups is 1. The molecule has 0 amide bonds. The van der Waals surface area contributed by atoms with E-state index in [4.69, 9.17) is 4.74 Å². The lowest BCUT2D eigenvalue weighted by molar-refractivity contribution is -0.141. The molecule has 6 heteroatoms. The van der Waals surface area contributed by atoms with E-state index in [0.717, 1.165) is 0 Å². The van der Waals surface area contributed by atoms with Gasteiger partial charge in [0.05, 0.1) is 12.0 Å². The van der Waals surface area contributed by atoms with E-state index in [1.165, 1.54) is 31.4 Å². The Balaban J connectivity index is 2.45. The first kappa shape index (κ1) is 15.8. The van der Waals surface area contributed by atoms with E-state index < -0.39 is 20.6 Å². The van der Waals surface area contributed by atoms with Gasteiger partial charge in [-0.05, 0) is 55.9 Å². The number of benzene rings is 1. The Morgan fingerprint density at radius 1 is 1.24 bits per heavy atom. The van der Waals surface area contributed by atoms with Gasteiger partial charge in [0.1, 0.15) is 5.75 Å². The average Bonchev–Trinajstić information content (AvgIpc) is 2.47. The molecule has 0 bridgehead atoms. The van der Waals surface area contributed by atoms with Gasteiger partial charge in [-0.25, -0.2) is 8.42 Å². The fourth-order valence-corrected chi connectivity index (χ4v) is 4.76. The van der Waals surface area contributed by atoms with E-state index in [9.17, 15) is 18.3 Å². The van der Waals surface area contributed by atoms with E-state index in [1.807, 2.05) is 6.92 Å². The third-order valence-electron chi connectivity index (χ3n) is 4.36. The standard InChI is InChI=1S/C15H20O5S/c1-11-7-9-15(10-8-11,14(16)17)21(18,19)13-5-3-12(20-2)4-6-13/h3-6,11H,7-10H2,1-2H3,(H,16,17). The molecule has 5 nitrogen and oxygen atoms in total. The van der Waals surface area contributed by atoms with Crippen LogP contribution in [0.5, 0.6) is 5.75 Å². The van der Waals surface area contributed by atoms with Gasteiger partial charge in [-0.1, -0.05) is 6.92 Å². The lowest BCUT2D eigenvalue weighted by atomic mass is 9.82. The van der Waals surface area contributed by atoms with Crippen LogP contribution in [0, 0.1) is 5.92 Å². The summed E-state index contributed by atoms with van der Waals surface area (Å²) in [5, 5.41) is 9.57. The Hall–Kier alpha value is -1.56. The monoisotopic (exact) mass is 312 g/mol. The molecule has 116 valence electrons. The topological polar surface area (TPSA) is 80.7 Å². The number of carboxylic acid groups (broad SMARTS) is 1. The number of aliphatic carboxylic acids is 1. The highest BCUT2D eigenvalue weighted by molar-refractivity contribution is 7.93. The maximum atomic E-state index is 12.8. The molecule has 0 aromatic heterocycles. The zero-order chi connectivity index (χ0) is 15.7. The van der Waals surface area contributed by atoms with Crippen molar-refractivity contribution in [3.63, 3.8) is 0 Å². The van der Waals surface area contributed by atoms with Crippen LogP contribution in [-0.2, 0) is 14.6 Å². The fourth-order valence-electron chi connectivity index (χ4n) is 2.81. The summed E-state index contributed by atoms with van der Waals surface area (Å²) in [6.45, 7) is 2.02. The molecule has 1 aromatic carbocycles. The van der Waals surface area contributed by atoms with Crippen molar-refractivity contribution in [3.05, 3.63) is 24.3 Å². The van der Waals surface area contributed by atoms with Crippen LogP contribution in [0.15, 0.2) is 29.2 Å². The van der Waals surface area contributed by atoms with Crippen LogP contribution in [0.1, 0.15) is 32.6 Å². The molecule has 0 aliphatic heterocycles. The van der Waals surface area contributed by atoms with E-state index in [-0.39, 0.29) is 17.7 Å². The summed E-state index contributed by atoms with van der Waals surface area (Å²) in [5.41, 5.74) is 0. The SMILES string of the molecule is COc1ccc(S(=O)(=O)C2(C(=O)O)CCC(C)CC2)cc1. The number of ether oxygens (including phenoxy) is 1. The van der Waals surface area contributed by atoms with Gasteiger partial charge in [-0.15, -0.1) is 0 Å². The van der Waals surface area contributed by atoms with Crippen LogP contribution in [0.2, 0.25) is 0 Å². The van der Waals surface area contributed by atoms with E-state index in [1.54, 1.807) is 0 Å². The summed E-state index contributed by atoms with van der Waals surface area (Å²) in [5.74, 6) is -0.343. The molecule has 0 radical (unpaired) electrons. The van der Waals surface area contributed by atoms with E-state index >= 15 is 0 Å². The first-order valence-corrected chi connectivity index (χ1v) is 8.44. The summed E-state index contributed by atoms with van der Waals surface area (Å²) < 4.78 is 29.0. The van der Waals surface area contributed by atoms with Crippen LogP contribution in [0.3, 0.4) is 0 Å². The predicted octanol–water partition coefficient (Wildman–Crippen LogP) is 2.50. The molecule has 1 saturated carbocycles. The molecule has 0 spiro atoms. The molecule has 1 aliphatic rings. The predicted molar refractivity (Wildman–Crippen MR) is 78.2 cm³/mol. The zero-order valence-electron chi connectivity index (χ0n) is 12.2. The van der Waals surface area contributed by atoms with Gasteiger partial charge in [0.2, 0.25) is 0 Å². The second-order valence-corrected chi connectivity index (χ2v) is 7.92. The molecule has 0 unspecified atom stereocenters. The van der Waals surface area contributed by atoms with Gasteiger partial charge >= 0.3 is 5.97 Å². The van der Waals surface area contributed by atoms with Gasteiger partial charge in [0.15, 0.2) is 14.6 Å². The maximum Gasteiger partial charge on any atom is 0.325 e. The van der Waals surface area contributed by atoms with Crippen LogP contribution < -0.4 is 4.74 Å². The normalized spacial score (nSPS) is 26.3. The minimum absolute atomic E-state index is 0.0419. The maximum absolute atomic E-state index is 12.8. The zero-order valence-corrected chi connectivity index (χ0v) is 13.0. The number of hydrogen-bond donors (Lipinski definition) is 1. The molecule has 0 atom stereocenters. The van der Waals surface area contributed by atoms with Gasteiger partial charge in [-0.2, -0.15) is 0 Å². The third kappa shape index (κ3) is 2.64. The lowest BCUT2D eigenvalue weighted by Crippen LogP contribution is -2.48. The smallest absolute Gasteiger partial charge is 0.325 e. The lowest BCUT2D eigenvalue weighted by Gasteiger charge is -2.35. The summed E-state index contributed by atoms with van der Waals surface area (Å²) in [6.07, 6.45) is 1.55. The van der Waals surface area contributed by atoms with Crippen molar-refractivity contribution in [1.82, 2.24) is 0 Å². The minimum Gasteiger partial charge on any atom is -0.497 e. The van der Waals surface area contributed by atoms with Crippen LogP contribution in [0.25, 0.3) is 0 Å². The second kappa shape index (κ2) is 5.67. The van der Waals surface area contributed by atoms with Crippen molar-refractivity contribution >= 4 is 15.8 Å². The van der Waals surface area contributed by atoms with Gasteiger partial charge < -0.3 is 9.84 Å². The highest BCUT2D eigenvalue weighted by atomic mass is 32.2. The first-order chi connectivity index (χ1) is 9.83. The Kier molecular flexibility index (Phi) is 4.27. The molecule has 21 heavy (non-hydrogen) atoms. The van der Waals surface area contributed by atoms with E-state index in [0.29, 0.717) is 24.5 Å². The van der Waals surface area contributed by atoms with Crippen LogP contribution in [0.4, 0.5) is 0 Å². The molecule has 1 N–H and O–H groups in total. The largest absolute Gasteiger partial charge is 0.497 e. The summed E-state index contributed by atoms with van der Waals surface area (Å²) in [6, 6.07) is 5.90. The minimum atomic E-state index is -3.93. The van der Waals surface area contributed by atoms with Crippen molar-refractivity contribution < 1.29 is 23.1 Å². The number of carboxylic acids is 1. The molecular weight excluding hydrogens is 292 g/mol. The van der Waals surface area contributed by atoms with Crippen molar-refractivity contribution in [2.75, 3.05) is 7.11 Å². The molecular formula is C15H20O5S. The number of methoxy groups -OCH3 is 1. The quantitative estimate of drug-likeness (QED) is 0.924. The highest BCUT2D eigenvalue weighted by Crippen LogP contribution is 2.41. The third-order valence-corrected chi connectivity index (χ3v) is 6.86. The molecule has 0 saturated heterocycles. The number of rotatable bonds is 4. The van der Waals surface area contributed by atoms with Crippen LogP contribution in [-0.4, -0.2) is 31.4 Å². The van der Waals surface area contributed by atoms with Gasteiger partial charge in [0.25, 0.3) is 0 Å². The van der Waals surface area contributed by atoms with Crippen LogP contribution >= 0.6 is 0 Å². The highest BCUT2D eigenvalue weighted by Gasteiger charge is 2.52. The molecule has 1 aromatic rings. The van der Waals surface area contributed by atoms with Gasteiger partial charge in [-0.3, -0.25) is 4.79 Å². The second-order valence-electron chi connectivity index (χ2n) is 5.66. The number of carbonyl (C=O) groups is 1. The summed E-state index contributed by atoms with van der Waals surface area (Å²) in [4.78, 5) is 11.8. The van der Waals surface area contributed by atoms with Crippen molar-refractivity contribution in [1.29, 1.82) is 0 Å². The first-order valence-electron chi connectivity index (χ1n) is 6.95. The van der Waals surface area contributed by atoms with Crippen molar-refractivity contribution in [2.24, 2.45) is 5.92 Å². The average molecular weight is 312 g/mol. The summed E-state index contributed by atoms with van der Waals surface area (Å²) in [7, 11) is -2.44. The number of hydrogen-bond acceptors (Lipinski definition) is 4. The fraction of sp³-hybridized carbons (Fsp3) is 0.533. The Bertz CT molecular complexity index is 610. The molecule has 1 fully saturated rings. The molecule has 1 aliphatic carbocycles. The molecule has 2 rings (SSSR count). The van der Waals surface area contributed by atoms with E-state index in [2.05, 4.69) is 0 Å². The Labute approximate surface area is 124 Å². The summed E-state index contributed by atoms with van der Waals surface area (Å²) >= 11 is 0. The van der Waals surface area contributed by atoms with Crippen molar-refractivity contribution in [3.8, 4) is 5.75 Å². The Morgan fingerprint density at radius 2 is 1.76 bits per heavy atom. The Morgan fingerprint density at radius 3 is 2.19 bits per heavy atom. The molecule has 0 heterocycles.